The van der Waals surface area contributed by atoms with Gasteiger partial charge in [-0.05, 0) is 38.0 Å². The van der Waals surface area contributed by atoms with Gasteiger partial charge in [-0.15, -0.1) is 0 Å². The molecule has 1 heterocycles. The van der Waals surface area contributed by atoms with Gasteiger partial charge in [0.05, 0.1) is 12.2 Å². The van der Waals surface area contributed by atoms with Gasteiger partial charge >= 0.3 is 0 Å². The van der Waals surface area contributed by atoms with E-state index >= 15 is 0 Å². The van der Waals surface area contributed by atoms with E-state index in [2.05, 4.69) is 48.3 Å². The van der Waals surface area contributed by atoms with Gasteiger partial charge in [0, 0.05) is 19.6 Å². The first-order valence-corrected chi connectivity index (χ1v) is 7.28. The first-order chi connectivity index (χ1) is 9.15. The molecule has 0 bridgehead atoms. The molecule has 0 amide bonds. The monoisotopic (exact) mass is 278 g/mol. The zero-order valence-corrected chi connectivity index (χ0v) is 12.5. The van der Waals surface area contributed by atoms with Crippen LogP contribution in [0.5, 0.6) is 0 Å². The number of nitrogens with one attached hydrogen (secondary N) is 1. The third-order valence-electron chi connectivity index (χ3n) is 3.24. The van der Waals surface area contributed by atoms with Crippen LogP contribution in [0, 0.1) is 0 Å². The van der Waals surface area contributed by atoms with Crippen LogP contribution in [0.15, 0.2) is 30.3 Å². The van der Waals surface area contributed by atoms with E-state index in [9.17, 15) is 0 Å². The van der Waals surface area contributed by atoms with Gasteiger partial charge in [0.1, 0.15) is 0 Å². The maximum atomic E-state index is 5.71. The molecule has 19 heavy (non-hydrogen) atoms. The molecule has 2 rings (SSSR count). The van der Waals surface area contributed by atoms with Gasteiger partial charge < -0.3 is 15.0 Å². The molecule has 4 heteroatoms. The SMILES string of the molecule is CC1CN(C(=S)NCCc2ccccc2)CC(C)O1. The molecule has 1 fully saturated rings. The summed E-state index contributed by atoms with van der Waals surface area (Å²) in [6.45, 7) is 6.82. The Hall–Kier alpha value is -1.13. The molecule has 2 atom stereocenters. The molecule has 1 aliphatic heterocycles. The maximum absolute atomic E-state index is 5.71. The highest BCUT2D eigenvalue weighted by Crippen LogP contribution is 2.10. The lowest BCUT2D eigenvalue weighted by Crippen LogP contribution is -2.51. The number of hydrogen-bond acceptors (Lipinski definition) is 2. The van der Waals surface area contributed by atoms with Crippen molar-refractivity contribution in [3.8, 4) is 0 Å². The second kappa shape index (κ2) is 6.87. The Kier molecular flexibility index (Phi) is 5.16. The van der Waals surface area contributed by atoms with Crippen LogP contribution in [0.4, 0.5) is 0 Å². The van der Waals surface area contributed by atoms with E-state index in [4.69, 9.17) is 17.0 Å². The van der Waals surface area contributed by atoms with Crippen molar-refractivity contribution in [2.24, 2.45) is 0 Å². The summed E-state index contributed by atoms with van der Waals surface area (Å²) < 4.78 is 5.71. The minimum atomic E-state index is 0.248. The van der Waals surface area contributed by atoms with Crippen molar-refractivity contribution in [2.45, 2.75) is 32.5 Å². The average Bonchev–Trinajstić information content (AvgIpc) is 2.38. The minimum Gasteiger partial charge on any atom is -0.372 e. The van der Waals surface area contributed by atoms with Crippen molar-refractivity contribution in [3.63, 3.8) is 0 Å². The third kappa shape index (κ3) is 4.48. The molecule has 1 aromatic carbocycles. The fourth-order valence-corrected chi connectivity index (χ4v) is 2.67. The summed E-state index contributed by atoms with van der Waals surface area (Å²) in [5.41, 5.74) is 1.33. The predicted molar refractivity (Wildman–Crippen MR) is 82.3 cm³/mol. The number of morpholine rings is 1. The summed E-state index contributed by atoms with van der Waals surface area (Å²) in [4.78, 5) is 2.21. The van der Waals surface area contributed by atoms with E-state index in [1.165, 1.54) is 5.56 Å². The first kappa shape index (κ1) is 14.3. The van der Waals surface area contributed by atoms with Gasteiger partial charge in [0.15, 0.2) is 5.11 Å². The lowest BCUT2D eigenvalue weighted by atomic mass is 10.1. The molecule has 0 spiro atoms. The number of nitrogens with zero attached hydrogens (tertiary/aromatic N) is 1. The van der Waals surface area contributed by atoms with Gasteiger partial charge in [0.2, 0.25) is 0 Å². The molecule has 2 unspecified atom stereocenters. The van der Waals surface area contributed by atoms with E-state index < -0.39 is 0 Å². The third-order valence-corrected chi connectivity index (χ3v) is 3.64. The second-order valence-electron chi connectivity index (χ2n) is 5.13. The Labute approximate surface area is 120 Å². The minimum absolute atomic E-state index is 0.248. The molecular weight excluding hydrogens is 256 g/mol. The fraction of sp³-hybridized carbons (Fsp3) is 0.533. The van der Waals surface area contributed by atoms with E-state index in [1.54, 1.807) is 0 Å². The molecule has 3 nitrogen and oxygen atoms in total. The summed E-state index contributed by atoms with van der Waals surface area (Å²) in [6.07, 6.45) is 1.49. The van der Waals surface area contributed by atoms with E-state index in [-0.39, 0.29) is 12.2 Å². The summed E-state index contributed by atoms with van der Waals surface area (Å²) in [6, 6.07) is 10.5. The average molecular weight is 278 g/mol. The van der Waals surface area contributed by atoms with Crippen LogP contribution in [-0.2, 0) is 11.2 Å². The Morgan fingerprint density at radius 3 is 2.53 bits per heavy atom. The number of benzene rings is 1. The standard InChI is InChI=1S/C15H22N2OS/c1-12-10-17(11-13(2)18-12)15(19)16-9-8-14-6-4-3-5-7-14/h3-7,12-13H,8-11H2,1-2H3,(H,16,19). The van der Waals surface area contributed by atoms with Crippen LogP contribution in [0.3, 0.4) is 0 Å². The molecule has 1 saturated heterocycles. The fourth-order valence-electron chi connectivity index (χ4n) is 2.41. The molecule has 1 aromatic rings. The number of hydrogen-bond donors (Lipinski definition) is 1. The largest absolute Gasteiger partial charge is 0.372 e. The van der Waals surface area contributed by atoms with Crippen molar-refractivity contribution in [1.82, 2.24) is 10.2 Å². The smallest absolute Gasteiger partial charge is 0.169 e. The van der Waals surface area contributed by atoms with Gasteiger partial charge in [0.25, 0.3) is 0 Å². The number of rotatable bonds is 3. The van der Waals surface area contributed by atoms with E-state index in [0.717, 1.165) is 31.2 Å². The number of thiocarbonyl (C=S) groups is 1. The van der Waals surface area contributed by atoms with Crippen molar-refractivity contribution in [1.29, 1.82) is 0 Å². The molecule has 0 saturated carbocycles. The topological polar surface area (TPSA) is 24.5 Å². The van der Waals surface area contributed by atoms with Crippen LogP contribution in [0.25, 0.3) is 0 Å². The van der Waals surface area contributed by atoms with Crippen LogP contribution in [0.1, 0.15) is 19.4 Å². The maximum Gasteiger partial charge on any atom is 0.169 e. The summed E-state index contributed by atoms with van der Waals surface area (Å²) in [5.74, 6) is 0. The van der Waals surface area contributed by atoms with Crippen molar-refractivity contribution < 1.29 is 4.74 Å². The highest BCUT2D eigenvalue weighted by molar-refractivity contribution is 7.80. The lowest BCUT2D eigenvalue weighted by molar-refractivity contribution is -0.0481. The molecule has 104 valence electrons. The summed E-state index contributed by atoms with van der Waals surface area (Å²) in [7, 11) is 0. The highest BCUT2D eigenvalue weighted by atomic mass is 32.1. The summed E-state index contributed by atoms with van der Waals surface area (Å²) in [5, 5.41) is 4.19. The molecule has 1 N–H and O–H groups in total. The Balaban J connectivity index is 1.75. The van der Waals surface area contributed by atoms with Crippen LogP contribution < -0.4 is 5.32 Å². The van der Waals surface area contributed by atoms with Crippen LogP contribution in [0.2, 0.25) is 0 Å². The van der Waals surface area contributed by atoms with Crippen molar-refractivity contribution in [3.05, 3.63) is 35.9 Å². The van der Waals surface area contributed by atoms with Gasteiger partial charge in [-0.3, -0.25) is 0 Å². The van der Waals surface area contributed by atoms with E-state index in [1.807, 2.05) is 6.07 Å². The van der Waals surface area contributed by atoms with Crippen LogP contribution in [-0.4, -0.2) is 41.9 Å². The van der Waals surface area contributed by atoms with Gasteiger partial charge in [-0.2, -0.15) is 0 Å². The Morgan fingerprint density at radius 2 is 1.89 bits per heavy atom. The van der Waals surface area contributed by atoms with Gasteiger partial charge in [-0.1, -0.05) is 30.3 Å². The molecule has 0 aliphatic carbocycles. The Morgan fingerprint density at radius 1 is 1.26 bits per heavy atom. The zero-order chi connectivity index (χ0) is 13.7. The summed E-state index contributed by atoms with van der Waals surface area (Å²) >= 11 is 5.45. The van der Waals surface area contributed by atoms with Gasteiger partial charge in [-0.25, -0.2) is 0 Å². The zero-order valence-electron chi connectivity index (χ0n) is 11.6. The Bertz CT molecular complexity index is 400. The second-order valence-corrected chi connectivity index (χ2v) is 5.52. The molecule has 0 radical (unpaired) electrons. The molecule has 0 aromatic heterocycles. The lowest BCUT2D eigenvalue weighted by Gasteiger charge is -2.36. The quantitative estimate of drug-likeness (QED) is 0.857. The molecule has 1 aliphatic rings. The highest BCUT2D eigenvalue weighted by Gasteiger charge is 2.23. The first-order valence-electron chi connectivity index (χ1n) is 6.87. The molecular formula is C15H22N2OS. The van der Waals surface area contributed by atoms with E-state index in [0.29, 0.717) is 0 Å². The normalized spacial score (nSPS) is 23.2. The van der Waals surface area contributed by atoms with Crippen molar-refractivity contribution in [2.75, 3.05) is 19.6 Å². The number of ether oxygens (including phenoxy) is 1. The van der Waals surface area contributed by atoms with Crippen molar-refractivity contribution >= 4 is 17.3 Å². The predicted octanol–water partition coefficient (Wildman–Crippen LogP) is 2.21. The van der Waals surface area contributed by atoms with Crippen LogP contribution >= 0.6 is 12.2 Å².